The Kier molecular flexibility index (Phi) is 3.58. The molecule has 0 radical (unpaired) electrons. The van der Waals surface area contributed by atoms with Gasteiger partial charge < -0.3 is 10.5 Å². The van der Waals surface area contributed by atoms with Crippen LogP contribution in [0.25, 0.3) is 21.5 Å². The van der Waals surface area contributed by atoms with E-state index >= 15 is 0 Å². The van der Waals surface area contributed by atoms with Gasteiger partial charge in [0, 0.05) is 27.4 Å². The number of nitrogens with zero attached hydrogens (tertiary/aromatic N) is 5. The van der Waals surface area contributed by atoms with E-state index in [2.05, 4.69) is 25.8 Å². The van der Waals surface area contributed by atoms with Gasteiger partial charge in [0.05, 0.1) is 7.05 Å². The van der Waals surface area contributed by atoms with Crippen molar-refractivity contribution >= 4 is 27.2 Å². The van der Waals surface area contributed by atoms with Gasteiger partial charge in [0.25, 0.3) is 0 Å². The van der Waals surface area contributed by atoms with Crippen LogP contribution in [-0.4, -0.2) is 25.2 Å². The van der Waals surface area contributed by atoms with Crippen LogP contribution in [0.3, 0.4) is 0 Å². The Balaban J connectivity index is 1.57. The van der Waals surface area contributed by atoms with Gasteiger partial charge >= 0.3 is 0 Å². The Morgan fingerprint density at radius 1 is 1.29 bits per heavy atom. The van der Waals surface area contributed by atoms with Gasteiger partial charge in [0.15, 0.2) is 0 Å². The summed E-state index contributed by atoms with van der Waals surface area (Å²) in [6.07, 6.45) is 1.72. The smallest absolute Gasteiger partial charge is 0.205 e. The molecule has 0 spiro atoms. The predicted octanol–water partition coefficient (Wildman–Crippen LogP) is 2.65. The van der Waals surface area contributed by atoms with Crippen LogP contribution in [0.4, 0.5) is 5.82 Å². The lowest BCUT2D eigenvalue weighted by Gasteiger charge is -2.07. The molecule has 1 aromatic carbocycles. The number of pyridine rings is 1. The first-order chi connectivity index (χ1) is 11.7. The molecule has 0 aliphatic heterocycles. The first-order valence-corrected chi connectivity index (χ1v) is 8.16. The molecule has 24 heavy (non-hydrogen) atoms. The van der Waals surface area contributed by atoms with Gasteiger partial charge in [-0.1, -0.05) is 12.1 Å². The maximum absolute atomic E-state index is 5.99. The molecule has 0 saturated carbocycles. The molecule has 4 rings (SSSR count). The molecular formula is C16H14N6OS. The minimum Gasteiger partial charge on any atom is -0.489 e. The summed E-state index contributed by atoms with van der Waals surface area (Å²) in [4.78, 5) is 5.58. The molecule has 3 heterocycles. The maximum atomic E-state index is 5.99. The second-order valence-corrected chi connectivity index (χ2v) is 6.16. The quantitative estimate of drug-likeness (QED) is 0.615. The summed E-state index contributed by atoms with van der Waals surface area (Å²) in [6, 6.07) is 9.58. The Labute approximate surface area is 141 Å². The molecule has 0 bridgehead atoms. The molecule has 7 nitrogen and oxygen atoms in total. The molecule has 2 N–H and O–H groups in total. The van der Waals surface area contributed by atoms with Crippen molar-refractivity contribution in [1.82, 2.24) is 25.2 Å². The maximum Gasteiger partial charge on any atom is 0.205 e. The van der Waals surface area contributed by atoms with Crippen LogP contribution in [0.2, 0.25) is 0 Å². The summed E-state index contributed by atoms with van der Waals surface area (Å²) in [5, 5.41) is 15.1. The standard InChI is InChI=1S/C16H14N6OS/c1-22-20-16(19-21-22)10-3-2-4-12(7-10)23-8-11-9-24-13-5-6-18-15(17)14(11)13/h2-7,9H,8H2,1H3,(H2,17,18). The number of anilines is 1. The Morgan fingerprint density at radius 2 is 2.21 bits per heavy atom. The monoisotopic (exact) mass is 338 g/mol. The van der Waals surface area contributed by atoms with E-state index in [1.807, 2.05) is 30.3 Å². The third kappa shape index (κ3) is 2.67. The summed E-state index contributed by atoms with van der Waals surface area (Å²) in [7, 11) is 1.73. The van der Waals surface area contributed by atoms with Gasteiger partial charge in [-0.2, -0.15) is 4.80 Å². The minimum atomic E-state index is 0.424. The molecule has 0 amide bonds. The third-order valence-corrected chi connectivity index (χ3v) is 4.58. The molecule has 120 valence electrons. The van der Waals surface area contributed by atoms with E-state index in [0.717, 1.165) is 27.0 Å². The molecule has 0 saturated heterocycles. The molecule has 0 atom stereocenters. The van der Waals surface area contributed by atoms with Gasteiger partial charge in [-0.05, 0) is 28.8 Å². The summed E-state index contributed by atoms with van der Waals surface area (Å²) in [5.41, 5.74) is 7.88. The lowest BCUT2D eigenvalue weighted by Crippen LogP contribution is -1.97. The fourth-order valence-corrected chi connectivity index (χ4v) is 3.41. The van der Waals surface area contributed by atoms with E-state index in [1.54, 1.807) is 24.6 Å². The zero-order valence-corrected chi connectivity index (χ0v) is 13.7. The summed E-state index contributed by atoms with van der Waals surface area (Å²) in [6.45, 7) is 0.424. The SMILES string of the molecule is Cn1nnc(-c2cccc(OCc3csc4ccnc(N)c34)c2)n1. The van der Waals surface area contributed by atoms with Gasteiger partial charge in [-0.3, -0.25) is 0 Å². The van der Waals surface area contributed by atoms with Crippen LogP contribution in [0.1, 0.15) is 5.56 Å². The highest BCUT2D eigenvalue weighted by Crippen LogP contribution is 2.30. The highest BCUT2D eigenvalue weighted by atomic mass is 32.1. The molecule has 4 aromatic rings. The number of rotatable bonds is 4. The second-order valence-electron chi connectivity index (χ2n) is 5.25. The van der Waals surface area contributed by atoms with Crippen molar-refractivity contribution in [3.8, 4) is 17.1 Å². The van der Waals surface area contributed by atoms with Crippen molar-refractivity contribution < 1.29 is 4.74 Å². The average molecular weight is 338 g/mol. The van der Waals surface area contributed by atoms with Crippen LogP contribution in [0.5, 0.6) is 5.75 Å². The zero-order valence-electron chi connectivity index (χ0n) is 12.9. The topological polar surface area (TPSA) is 91.7 Å². The highest BCUT2D eigenvalue weighted by Gasteiger charge is 2.10. The number of nitrogens with two attached hydrogens (primary N) is 1. The number of ether oxygens (including phenoxy) is 1. The fraction of sp³-hybridized carbons (Fsp3) is 0.125. The number of hydrogen-bond donors (Lipinski definition) is 1. The summed E-state index contributed by atoms with van der Waals surface area (Å²) < 4.78 is 7.03. The van der Waals surface area contributed by atoms with Gasteiger partial charge in [0.2, 0.25) is 5.82 Å². The second kappa shape index (κ2) is 5.89. The van der Waals surface area contributed by atoms with E-state index in [9.17, 15) is 0 Å². The number of aromatic nitrogens is 5. The van der Waals surface area contributed by atoms with Crippen LogP contribution in [0, 0.1) is 0 Å². The molecule has 0 fully saturated rings. The van der Waals surface area contributed by atoms with Gasteiger partial charge in [-0.15, -0.1) is 21.5 Å². The van der Waals surface area contributed by atoms with E-state index in [4.69, 9.17) is 10.5 Å². The van der Waals surface area contributed by atoms with E-state index in [0.29, 0.717) is 18.2 Å². The Hall–Kier alpha value is -3.00. The predicted molar refractivity (Wildman–Crippen MR) is 92.6 cm³/mol. The summed E-state index contributed by atoms with van der Waals surface area (Å²) in [5.74, 6) is 1.84. The molecule has 0 unspecified atom stereocenters. The molecular weight excluding hydrogens is 324 g/mol. The van der Waals surface area contributed by atoms with Crippen LogP contribution < -0.4 is 10.5 Å². The molecule has 0 aliphatic rings. The normalized spacial score (nSPS) is 11.0. The van der Waals surface area contributed by atoms with Crippen LogP contribution in [-0.2, 0) is 13.7 Å². The fourth-order valence-electron chi connectivity index (χ4n) is 2.47. The van der Waals surface area contributed by atoms with Gasteiger partial charge in [-0.25, -0.2) is 4.98 Å². The molecule has 3 aromatic heterocycles. The van der Waals surface area contributed by atoms with E-state index in [-0.39, 0.29) is 0 Å². The first-order valence-electron chi connectivity index (χ1n) is 7.28. The number of hydrogen-bond acceptors (Lipinski definition) is 7. The van der Waals surface area contributed by atoms with Crippen molar-refractivity contribution in [3.63, 3.8) is 0 Å². The zero-order chi connectivity index (χ0) is 16.5. The van der Waals surface area contributed by atoms with E-state index in [1.165, 1.54) is 4.80 Å². The number of nitrogen functional groups attached to an aromatic ring is 1. The van der Waals surface area contributed by atoms with Crippen LogP contribution >= 0.6 is 11.3 Å². The number of fused-ring (bicyclic) bond motifs is 1. The average Bonchev–Trinajstić information content (AvgIpc) is 3.20. The third-order valence-electron chi connectivity index (χ3n) is 3.59. The number of aryl methyl sites for hydroxylation is 1. The Bertz CT molecular complexity index is 1010. The lowest BCUT2D eigenvalue weighted by molar-refractivity contribution is 0.308. The van der Waals surface area contributed by atoms with Crippen LogP contribution in [0.15, 0.2) is 41.9 Å². The largest absolute Gasteiger partial charge is 0.489 e. The number of tetrazole rings is 1. The van der Waals surface area contributed by atoms with Crippen molar-refractivity contribution in [3.05, 3.63) is 47.5 Å². The van der Waals surface area contributed by atoms with Crippen molar-refractivity contribution in [2.75, 3.05) is 5.73 Å². The van der Waals surface area contributed by atoms with Crippen molar-refractivity contribution in [2.45, 2.75) is 6.61 Å². The number of benzene rings is 1. The minimum absolute atomic E-state index is 0.424. The Morgan fingerprint density at radius 3 is 3.04 bits per heavy atom. The van der Waals surface area contributed by atoms with Gasteiger partial charge in [0.1, 0.15) is 18.2 Å². The van der Waals surface area contributed by atoms with E-state index < -0.39 is 0 Å². The van der Waals surface area contributed by atoms with Crippen molar-refractivity contribution in [1.29, 1.82) is 0 Å². The number of thiophene rings is 1. The summed E-state index contributed by atoms with van der Waals surface area (Å²) >= 11 is 1.64. The first kappa shape index (κ1) is 14.6. The highest BCUT2D eigenvalue weighted by molar-refractivity contribution is 7.17. The lowest BCUT2D eigenvalue weighted by atomic mass is 10.2. The van der Waals surface area contributed by atoms with Crippen molar-refractivity contribution in [2.24, 2.45) is 7.05 Å². The molecule has 0 aliphatic carbocycles. The molecule has 8 heteroatoms.